The molecule has 226 valence electrons. The molecule has 48 heavy (non-hydrogen) atoms. The Bertz CT molecular complexity index is 2370. The lowest BCUT2D eigenvalue weighted by molar-refractivity contribution is 0.584. The Morgan fingerprint density at radius 3 is 1.54 bits per heavy atom. The number of rotatable bonds is 4. The highest BCUT2D eigenvalue weighted by molar-refractivity contribution is 5.96. The molecule has 0 aliphatic heterocycles. The molecule has 0 aromatic heterocycles. The van der Waals surface area contributed by atoms with Gasteiger partial charge in [-0.1, -0.05) is 91.0 Å². The van der Waals surface area contributed by atoms with E-state index >= 15 is 0 Å². The number of nitrogens with zero attached hydrogens (tertiary/aromatic N) is 2. The molecule has 0 fully saturated rings. The highest BCUT2D eigenvalue weighted by Gasteiger charge is 2.51. The average molecular weight is 621 g/mol. The van der Waals surface area contributed by atoms with Gasteiger partial charge in [0, 0.05) is 23.1 Å². The van der Waals surface area contributed by atoms with Gasteiger partial charge in [-0.2, -0.15) is 5.26 Å². The first-order chi connectivity index (χ1) is 23.6. The minimum absolute atomic E-state index is 0.455. The summed E-state index contributed by atoms with van der Waals surface area (Å²) in [5, 5.41) is 9.55. The van der Waals surface area contributed by atoms with Gasteiger partial charge in [-0.15, -0.1) is 0 Å². The van der Waals surface area contributed by atoms with Gasteiger partial charge < -0.3 is 4.90 Å². The maximum absolute atomic E-state index is 14.3. The molecule has 0 unspecified atom stereocenters. The number of hydrogen-bond acceptors (Lipinski definition) is 2. The van der Waals surface area contributed by atoms with Crippen LogP contribution in [0.4, 0.5) is 25.8 Å². The third kappa shape index (κ3) is 4.01. The average Bonchev–Trinajstić information content (AvgIpc) is 3.59. The van der Waals surface area contributed by atoms with E-state index in [1.165, 1.54) is 56.6 Å². The van der Waals surface area contributed by atoms with Gasteiger partial charge in [0.15, 0.2) is 0 Å². The molecule has 0 saturated heterocycles. The fraction of sp³-hybridized carbons (Fsp3) is 0.0227. The van der Waals surface area contributed by atoms with Crippen LogP contribution in [-0.4, -0.2) is 0 Å². The Kier molecular flexibility index (Phi) is 6.19. The van der Waals surface area contributed by atoms with Gasteiger partial charge in [-0.3, -0.25) is 0 Å². The van der Waals surface area contributed by atoms with Crippen molar-refractivity contribution < 1.29 is 8.78 Å². The number of halogens is 2. The van der Waals surface area contributed by atoms with Crippen molar-refractivity contribution in [2.24, 2.45) is 0 Å². The molecule has 9 rings (SSSR count). The molecule has 0 amide bonds. The predicted molar refractivity (Wildman–Crippen MR) is 187 cm³/mol. The molecular weight excluding hydrogens is 594 g/mol. The second-order valence-electron chi connectivity index (χ2n) is 12.3. The molecule has 4 heteroatoms. The second kappa shape index (κ2) is 10.6. The zero-order valence-corrected chi connectivity index (χ0v) is 25.7. The van der Waals surface area contributed by atoms with Crippen molar-refractivity contribution in [3.63, 3.8) is 0 Å². The van der Waals surface area contributed by atoms with Crippen LogP contribution in [0.5, 0.6) is 0 Å². The molecule has 7 aromatic carbocycles. The summed E-state index contributed by atoms with van der Waals surface area (Å²) in [5.74, 6) is -1.25. The molecule has 0 atom stereocenters. The predicted octanol–water partition coefficient (Wildman–Crippen LogP) is 11.3. The standard InChI is InChI=1S/C44H26F2N2/c45-31-22-30(23-32(46)25-31)29-8-7-9-34(24-29)48(33-18-16-28(27-47)17-19-33)35-20-21-39-38-12-3-6-15-42(38)44(43(39)26-35)40-13-4-1-10-36(40)37-11-2-5-14-41(37)44/h1-26H. The van der Waals surface area contributed by atoms with Crippen molar-refractivity contribution >= 4 is 17.1 Å². The summed E-state index contributed by atoms with van der Waals surface area (Å²) < 4.78 is 28.6. The number of fused-ring (bicyclic) bond motifs is 10. The molecule has 0 N–H and O–H groups in total. The number of nitriles is 1. The lowest BCUT2D eigenvalue weighted by atomic mass is 9.70. The molecule has 0 radical (unpaired) electrons. The first kappa shape index (κ1) is 28.0. The van der Waals surface area contributed by atoms with Crippen LogP contribution < -0.4 is 4.90 Å². The van der Waals surface area contributed by atoms with Gasteiger partial charge in [-0.25, -0.2) is 8.78 Å². The van der Waals surface area contributed by atoms with Crippen molar-refractivity contribution in [2.45, 2.75) is 5.41 Å². The topological polar surface area (TPSA) is 27.0 Å². The van der Waals surface area contributed by atoms with E-state index in [1.807, 2.05) is 48.5 Å². The van der Waals surface area contributed by atoms with Crippen molar-refractivity contribution in [3.05, 3.63) is 197 Å². The molecule has 1 spiro atoms. The highest BCUT2D eigenvalue weighted by Crippen LogP contribution is 2.63. The summed E-state index contributed by atoms with van der Waals surface area (Å²) in [6.07, 6.45) is 0. The van der Waals surface area contributed by atoms with E-state index in [4.69, 9.17) is 0 Å². The largest absolute Gasteiger partial charge is 0.310 e. The molecule has 0 heterocycles. The van der Waals surface area contributed by atoms with E-state index in [9.17, 15) is 14.0 Å². The summed E-state index contributed by atoms with van der Waals surface area (Å²) in [6, 6.07) is 53.7. The Labute approximate surface area is 277 Å². The van der Waals surface area contributed by atoms with Crippen LogP contribution in [-0.2, 0) is 5.41 Å². The maximum atomic E-state index is 14.3. The first-order valence-corrected chi connectivity index (χ1v) is 15.9. The van der Waals surface area contributed by atoms with Crippen LogP contribution in [0.2, 0.25) is 0 Å². The van der Waals surface area contributed by atoms with Crippen LogP contribution in [0.15, 0.2) is 158 Å². The van der Waals surface area contributed by atoms with E-state index in [1.54, 1.807) is 0 Å². The van der Waals surface area contributed by atoms with Gasteiger partial charge in [0.25, 0.3) is 0 Å². The number of anilines is 3. The van der Waals surface area contributed by atoms with Crippen LogP contribution >= 0.6 is 0 Å². The molecule has 2 aliphatic rings. The third-order valence-corrected chi connectivity index (χ3v) is 9.79. The lowest BCUT2D eigenvalue weighted by Gasteiger charge is -2.32. The van der Waals surface area contributed by atoms with E-state index in [2.05, 4.69) is 102 Å². The molecule has 2 aliphatic carbocycles. The zero-order valence-electron chi connectivity index (χ0n) is 25.7. The summed E-state index contributed by atoms with van der Waals surface area (Å²) in [6.45, 7) is 0. The molecule has 7 aromatic rings. The number of benzene rings is 7. The highest BCUT2D eigenvalue weighted by atomic mass is 19.1. The zero-order chi connectivity index (χ0) is 32.4. The second-order valence-corrected chi connectivity index (χ2v) is 12.3. The minimum atomic E-state index is -0.625. The lowest BCUT2D eigenvalue weighted by Crippen LogP contribution is -2.26. The van der Waals surface area contributed by atoms with Crippen molar-refractivity contribution in [3.8, 4) is 39.4 Å². The van der Waals surface area contributed by atoms with E-state index in [0.29, 0.717) is 16.7 Å². The molecule has 0 saturated carbocycles. The molecule has 0 bridgehead atoms. The van der Waals surface area contributed by atoms with E-state index < -0.39 is 17.0 Å². The third-order valence-electron chi connectivity index (χ3n) is 9.79. The minimum Gasteiger partial charge on any atom is -0.310 e. The van der Waals surface area contributed by atoms with Crippen molar-refractivity contribution in [1.82, 2.24) is 0 Å². The monoisotopic (exact) mass is 620 g/mol. The van der Waals surface area contributed by atoms with Crippen LogP contribution in [0.3, 0.4) is 0 Å². The van der Waals surface area contributed by atoms with Gasteiger partial charge in [0.2, 0.25) is 0 Å². The quantitative estimate of drug-likeness (QED) is 0.196. The molecular formula is C44H26F2N2. The van der Waals surface area contributed by atoms with Crippen molar-refractivity contribution in [2.75, 3.05) is 4.90 Å². The van der Waals surface area contributed by atoms with Gasteiger partial charge in [0.1, 0.15) is 11.6 Å². The van der Waals surface area contributed by atoms with Gasteiger partial charge >= 0.3 is 0 Å². The summed E-state index contributed by atoms with van der Waals surface area (Å²) >= 11 is 0. The fourth-order valence-electron chi connectivity index (χ4n) is 7.90. The normalized spacial score (nSPS) is 12.9. The van der Waals surface area contributed by atoms with E-state index in [0.717, 1.165) is 23.1 Å². The van der Waals surface area contributed by atoms with Crippen LogP contribution in [0.25, 0.3) is 33.4 Å². The van der Waals surface area contributed by atoms with E-state index in [-0.39, 0.29) is 0 Å². The van der Waals surface area contributed by atoms with Crippen LogP contribution in [0.1, 0.15) is 27.8 Å². The summed E-state index contributed by atoms with van der Waals surface area (Å²) in [7, 11) is 0. The summed E-state index contributed by atoms with van der Waals surface area (Å²) in [4.78, 5) is 2.14. The summed E-state index contributed by atoms with van der Waals surface area (Å²) in [5.41, 5.74) is 13.6. The Morgan fingerprint density at radius 1 is 0.438 bits per heavy atom. The SMILES string of the molecule is N#Cc1ccc(N(c2cccc(-c3cc(F)cc(F)c3)c2)c2ccc3c(c2)C2(c4ccccc4-c4ccccc42)c2ccccc2-3)cc1. The fourth-order valence-corrected chi connectivity index (χ4v) is 7.90. The maximum Gasteiger partial charge on any atom is 0.126 e. The van der Waals surface area contributed by atoms with Gasteiger partial charge in [-0.05, 0) is 116 Å². The van der Waals surface area contributed by atoms with Gasteiger partial charge in [0.05, 0.1) is 17.0 Å². The Hall–Kier alpha value is -6.31. The van der Waals surface area contributed by atoms with Crippen LogP contribution in [0, 0.1) is 23.0 Å². The number of hydrogen-bond donors (Lipinski definition) is 0. The Morgan fingerprint density at radius 2 is 0.958 bits per heavy atom. The van der Waals surface area contributed by atoms with Crippen molar-refractivity contribution in [1.29, 1.82) is 5.26 Å². The first-order valence-electron chi connectivity index (χ1n) is 15.9. The Balaban J connectivity index is 1.30. The molecule has 2 nitrogen and oxygen atoms in total. The smallest absolute Gasteiger partial charge is 0.126 e.